The van der Waals surface area contributed by atoms with E-state index in [0.717, 1.165) is 5.69 Å². The van der Waals surface area contributed by atoms with Gasteiger partial charge in [0.05, 0.1) is 16.8 Å². The number of hydrogen-bond donors (Lipinski definition) is 2. The van der Waals surface area contributed by atoms with Crippen molar-refractivity contribution < 1.29 is 14.7 Å². The van der Waals surface area contributed by atoms with Crippen LogP contribution in [-0.4, -0.2) is 16.7 Å². The van der Waals surface area contributed by atoms with Crippen molar-refractivity contribution in [3.05, 3.63) is 88.5 Å². The second kappa shape index (κ2) is 6.15. The number of ketones is 2. The van der Waals surface area contributed by atoms with Gasteiger partial charge in [0.1, 0.15) is 5.75 Å². The van der Waals surface area contributed by atoms with Crippen molar-refractivity contribution in [3.63, 3.8) is 0 Å². The molecule has 26 heavy (non-hydrogen) atoms. The zero-order chi connectivity index (χ0) is 18.3. The van der Waals surface area contributed by atoms with E-state index in [1.54, 1.807) is 30.3 Å². The van der Waals surface area contributed by atoms with Crippen molar-refractivity contribution in [2.45, 2.75) is 13.3 Å². The lowest BCUT2D eigenvalue weighted by Gasteiger charge is -2.23. The third kappa shape index (κ3) is 2.39. The minimum absolute atomic E-state index is 0.0893. The maximum atomic E-state index is 13.1. The van der Waals surface area contributed by atoms with Crippen molar-refractivity contribution in [3.8, 4) is 5.75 Å². The number of para-hydroxylation sites is 1. The minimum Gasteiger partial charge on any atom is -0.507 e. The first kappa shape index (κ1) is 16.1. The molecule has 4 rings (SSSR count). The van der Waals surface area contributed by atoms with Crippen LogP contribution in [0.5, 0.6) is 5.75 Å². The minimum atomic E-state index is -0.320. The summed E-state index contributed by atoms with van der Waals surface area (Å²) in [6.07, 6.45) is 0.547. The summed E-state index contributed by atoms with van der Waals surface area (Å²) >= 11 is 0. The van der Waals surface area contributed by atoms with Gasteiger partial charge in [0.2, 0.25) is 0 Å². The zero-order valence-electron chi connectivity index (χ0n) is 14.2. The van der Waals surface area contributed by atoms with E-state index in [-0.39, 0.29) is 28.4 Å². The van der Waals surface area contributed by atoms with Crippen molar-refractivity contribution in [1.29, 1.82) is 0 Å². The van der Waals surface area contributed by atoms with E-state index in [0.29, 0.717) is 28.8 Å². The van der Waals surface area contributed by atoms with Crippen LogP contribution in [0.15, 0.2) is 60.7 Å². The molecule has 4 heteroatoms. The molecule has 4 nitrogen and oxygen atoms in total. The van der Waals surface area contributed by atoms with Crippen LogP contribution in [0.4, 0.5) is 11.4 Å². The van der Waals surface area contributed by atoms with Gasteiger partial charge in [-0.05, 0) is 30.2 Å². The number of nitrogens with one attached hydrogen (secondary N) is 1. The Hall–Kier alpha value is -3.40. The first-order valence-electron chi connectivity index (χ1n) is 8.51. The number of phenolic OH excluding ortho intramolecular Hbond substituents is 1. The van der Waals surface area contributed by atoms with Crippen LogP contribution in [-0.2, 0) is 6.42 Å². The van der Waals surface area contributed by atoms with Crippen LogP contribution in [0.3, 0.4) is 0 Å². The van der Waals surface area contributed by atoms with Crippen molar-refractivity contribution >= 4 is 22.9 Å². The Kier molecular flexibility index (Phi) is 3.81. The fourth-order valence-corrected chi connectivity index (χ4v) is 3.38. The van der Waals surface area contributed by atoms with E-state index >= 15 is 0 Å². The number of aryl methyl sites for hydroxylation is 1. The Morgan fingerprint density at radius 3 is 2.04 bits per heavy atom. The van der Waals surface area contributed by atoms with Crippen molar-refractivity contribution in [1.82, 2.24) is 0 Å². The SMILES string of the molecule is CCc1cc(Nc2ccccc2)c2c(c1O)C(=O)c1ccccc1C2=O. The summed E-state index contributed by atoms with van der Waals surface area (Å²) in [6, 6.07) is 17.9. The molecule has 0 radical (unpaired) electrons. The van der Waals surface area contributed by atoms with Gasteiger partial charge < -0.3 is 10.4 Å². The molecule has 2 N–H and O–H groups in total. The second-order valence-electron chi connectivity index (χ2n) is 6.23. The molecule has 0 unspecified atom stereocenters. The third-order valence-corrected chi connectivity index (χ3v) is 4.68. The molecular formula is C22H17NO3. The predicted molar refractivity (Wildman–Crippen MR) is 101 cm³/mol. The molecule has 0 atom stereocenters. The summed E-state index contributed by atoms with van der Waals surface area (Å²) in [6.45, 7) is 1.90. The van der Waals surface area contributed by atoms with Gasteiger partial charge >= 0.3 is 0 Å². The smallest absolute Gasteiger partial charge is 0.198 e. The van der Waals surface area contributed by atoms with E-state index in [2.05, 4.69) is 5.32 Å². The maximum Gasteiger partial charge on any atom is 0.198 e. The molecule has 1 aliphatic rings. The number of hydrogen-bond acceptors (Lipinski definition) is 4. The molecule has 0 aromatic heterocycles. The maximum absolute atomic E-state index is 13.1. The zero-order valence-corrected chi connectivity index (χ0v) is 14.2. The van der Waals surface area contributed by atoms with Gasteiger partial charge in [-0.1, -0.05) is 49.4 Å². The summed E-state index contributed by atoms with van der Waals surface area (Å²) in [4.78, 5) is 26.1. The molecule has 128 valence electrons. The predicted octanol–water partition coefficient (Wildman–Crippen LogP) is 4.47. The molecule has 0 heterocycles. The highest BCUT2D eigenvalue weighted by atomic mass is 16.3. The van der Waals surface area contributed by atoms with Crippen molar-refractivity contribution in [2.24, 2.45) is 0 Å². The van der Waals surface area contributed by atoms with Gasteiger partial charge in [0, 0.05) is 16.8 Å². The molecule has 0 saturated carbocycles. The normalized spacial score (nSPS) is 12.5. The summed E-state index contributed by atoms with van der Waals surface area (Å²) in [5, 5.41) is 13.9. The van der Waals surface area contributed by atoms with Crippen LogP contribution in [0.1, 0.15) is 44.3 Å². The third-order valence-electron chi connectivity index (χ3n) is 4.68. The molecule has 3 aromatic rings. The fourth-order valence-electron chi connectivity index (χ4n) is 3.38. The van der Waals surface area contributed by atoms with Crippen LogP contribution in [0.2, 0.25) is 0 Å². The number of rotatable bonds is 3. The standard InChI is InChI=1S/C22H17NO3/c1-2-13-12-17(23-14-8-4-3-5-9-14)18-19(20(13)24)22(26)16-11-7-6-10-15(16)21(18)25/h3-12,23-24H,2H2,1H3. The van der Waals surface area contributed by atoms with Gasteiger partial charge in [-0.2, -0.15) is 0 Å². The molecule has 0 amide bonds. The lowest BCUT2D eigenvalue weighted by molar-refractivity contribution is 0.0977. The van der Waals surface area contributed by atoms with E-state index in [1.165, 1.54) is 0 Å². The number of anilines is 2. The molecule has 0 bridgehead atoms. The molecule has 0 spiro atoms. The number of phenols is 1. The van der Waals surface area contributed by atoms with Gasteiger partial charge in [0.25, 0.3) is 0 Å². The lowest BCUT2D eigenvalue weighted by Crippen LogP contribution is -2.23. The number of aromatic hydroxyl groups is 1. The van der Waals surface area contributed by atoms with Crippen LogP contribution >= 0.6 is 0 Å². The van der Waals surface area contributed by atoms with Crippen LogP contribution in [0.25, 0.3) is 0 Å². The summed E-state index contributed by atoms with van der Waals surface area (Å²) in [7, 11) is 0. The monoisotopic (exact) mass is 343 g/mol. The average molecular weight is 343 g/mol. The topological polar surface area (TPSA) is 66.4 Å². The van der Waals surface area contributed by atoms with Gasteiger partial charge in [0.15, 0.2) is 11.6 Å². The quantitative estimate of drug-likeness (QED) is 0.539. The van der Waals surface area contributed by atoms with Gasteiger partial charge in [-0.3, -0.25) is 9.59 Å². The average Bonchev–Trinajstić information content (AvgIpc) is 2.68. The number of carbonyl (C=O) groups excluding carboxylic acids is 2. The molecular weight excluding hydrogens is 326 g/mol. The van der Waals surface area contributed by atoms with E-state index in [9.17, 15) is 14.7 Å². The van der Waals surface area contributed by atoms with Gasteiger partial charge in [-0.15, -0.1) is 0 Å². The number of benzene rings is 3. The molecule has 1 aliphatic carbocycles. The summed E-state index contributed by atoms with van der Waals surface area (Å²) in [5.41, 5.74) is 2.99. The summed E-state index contributed by atoms with van der Waals surface area (Å²) < 4.78 is 0. The van der Waals surface area contributed by atoms with E-state index < -0.39 is 0 Å². The second-order valence-corrected chi connectivity index (χ2v) is 6.23. The largest absolute Gasteiger partial charge is 0.507 e. The number of fused-ring (bicyclic) bond motifs is 2. The molecule has 0 saturated heterocycles. The fraction of sp³-hybridized carbons (Fsp3) is 0.0909. The van der Waals surface area contributed by atoms with E-state index in [4.69, 9.17) is 0 Å². The Bertz CT molecular complexity index is 1040. The Balaban J connectivity index is 1.97. The first-order chi connectivity index (χ1) is 12.6. The highest BCUT2D eigenvalue weighted by molar-refractivity contribution is 6.31. The van der Waals surface area contributed by atoms with Gasteiger partial charge in [-0.25, -0.2) is 0 Å². The molecule has 3 aromatic carbocycles. The number of carbonyl (C=O) groups is 2. The van der Waals surface area contributed by atoms with Crippen LogP contribution < -0.4 is 5.32 Å². The Labute approximate surface area is 151 Å². The van der Waals surface area contributed by atoms with Crippen LogP contribution in [0, 0.1) is 0 Å². The highest BCUT2D eigenvalue weighted by Crippen LogP contribution is 2.40. The Morgan fingerprint density at radius 2 is 1.42 bits per heavy atom. The Morgan fingerprint density at radius 1 is 0.846 bits per heavy atom. The highest BCUT2D eigenvalue weighted by Gasteiger charge is 2.35. The first-order valence-corrected chi connectivity index (χ1v) is 8.51. The van der Waals surface area contributed by atoms with Crippen molar-refractivity contribution in [2.75, 3.05) is 5.32 Å². The molecule has 0 fully saturated rings. The van der Waals surface area contributed by atoms with E-state index in [1.807, 2.05) is 37.3 Å². The lowest BCUT2D eigenvalue weighted by atomic mass is 9.81. The summed E-state index contributed by atoms with van der Waals surface area (Å²) in [5.74, 6) is -0.681. The molecule has 0 aliphatic heterocycles.